The van der Waals surface area contributed by atoms with Crippen LogP contribution in [-0.2, 0) is 13.0 Å². The summed E-state index contributed by atoms with van der Waals surface area (Å²) >= 11 is 0. The molecule has 0 spiro atoms. The molecule has 1 atom stereocenters. The molecule has 5 nitrogen and oxygen atoms in total. The van der Waals surface area contributed by atoms with Crippen LogP contribution in [-0.4, -0.2) is 26.8 Å². The van der Waals surface area contributed by atoms with Gasteiger partial charge in [0.05, 0.1) is 6.54 Å². The molecule has 0 aliphatic heterocycles. The second-order valence-electron chi connectivity index (χ2n) is 4.34. The maximum Gasteiger partial charge on any atom is 0.158 e. The van der Waals surface area contributed by atoms with Crippen LogP contribution < -0.4 is 5.73 Å². The third kappa shape index (κ3) is 1.72. The lowest BCUT2D eigenvalue weighted by molar-refractivity contribution is 0.553. The highest BCUT2D eigenvalue weighted by Gasteiger charge is 2.27. The van der Waals surface area contributed by atoms with Crippen molar-refractivity contribution < 1.29 is 0 Å². The van der Waals surface area contributed by atoms with E-state index < -0.39 is 0 Å². The summed E-state index contributed by atoms with van der Waals surface area (Å²) in [6, 6.07) is 8.53. The standard InChI is InChI=1S/C12H15N5/c13-7-8-17-12(14-15-16-17)11-6-5-9-3-1-2-4-10(9)11/h1-4,11H,5-8,13H2. The van der Waals surface area contributed by atoms with Gasteiger partial charge in [0.2, 0.25) is 0 Å². The summed E-state index contributed by atoms with van der Waals surface area (Å²) in [4.78, 5) is 0. The first-order chi connectivity index (χ1) is 8.40. The molecule has 0 fully saturated rings. The summed E-state index contributed by atoms with van der Waals surface area (Å²) in [5.41, 5.74) is 8.34. The molecule has 2 N–H and O–H groups in total. The average molecular weight is 229 g/mol. The maximum atomic E-state index is 5.57. The Balaban J connectivity index is 1.98. The number of aromatic nitrogens is 4. The minimum atomic E-state index is 0.327. The Morgan fingerprint density at radius 1 is 1.35 bits per heavy atom. The van der Waals surface area contributed by atoms with Crippen LogP contribution in [0.2, 0.25) is 0 Å². The molecule has 3 rings (SSSR count). The summed E-state index contributed by atoms with van der Waals surface area (Å²) in [5.74, 6) is 1.27. The van der Waals surface area contributed by atoms with Crippen molar-refractivity contribution in [2.75, 3.05) is 6.54 Å². The normalized spacial score (nSPS) is 18.3. The Labute approximate surface area is 99.6 Å². The fourth-order valence-corrected chi connectivity index (χ4v) is 2.57. The molecule has 1 heterocycles. The fraction of sp³-hybridized carbons (Fsp3) is 0.417. The van der Waals surface area contributed by atoms with Gasteiger partial charge in [-0.1, -0.05) is 24.3 Å². The molecule has 0 radical (unpaired) electrons. The molecule has 1 aliphatic rings. The smallest absolute Gasteiger partial charge is 0.158 e. The molecule has 1 aromatic heterocycles. The Morgan fingerprint density at radius 3 is 3.12 bits per heavy atom. The molecule has 17 heavy (non-hydrogen) atoms. The van der Waals surface area contributed by atoms with Gasteiger partial charge in [-0.3, -0.25) is 0 Å². The number of benzene rings is 1. The van der Waals surface area contributed by atoms with Gasteiger partial charge >= 0.3 is 0 Å². The van der Waals surface area contributed by atoms with Crippen LogP contribution in [0, 0.1) is 0 Å². The van der Waals surface area contributed by atoms with E-state index in [2.05, 4.69) is 39.8 Å². The van der Waals surface area contributed by atoms with E-state index in [9.17, 15) is 0 Å². The van der Waals surface area contributed by atoms with E-state index in [4.69, 9.17) is 5.73 Å². The first-order valence-corrected chi connectivity index (χ1v) is 5.94. The van der Waals surface area contributed by atoms with Crippen molar-refractivity contribution in [2.45, 2.75) is 25.3 Å². The van der Waals surface area contributed by atoms with Crippen molar-refractivity contribution in [3.05, 3.63) is 41.2 Å². The molecule has 88 valence electrons. The first-order valence-electron chi connectivity index (χ1n) is 5.94. The summed E-state index contributed by atoms with van der Waals surface area (Å²) in [6.07, 6.45) is 2.20. The van der Waals surface area contributed by atoms with E-state index in [0.29, 0.717) is 19.0 Å². The van der Waals surface area contributed by atoms with Crippen LogP contribution >= 0.6 is 0 Å². The molecule has 1 aliphatic carbocycles. The van der Waals surface area contributed by atoms with E-state index in [-0.39, 0.29) is 0 Å². The quantitative estimate of drug-likeness (QED) is 0.841. The number of tetrazole rings is 1. The lowest BCUT2D eigenvalue weighted by Gasteiger charge is -2.10. The number of hydrogen-bond donors (Lipinski definition) is 1. The zero-order valence-electron chi connectivity index (χ0n) is 9.58. The Hall–Kier alpha value is -1.75. The Bertz CT molecular complexity index is 519. The highest BCUT2D eigenvalue weighted by molar-refractivity contribution is 5.38. The van der Waals surface area contributed by atoms with Gasteiger partial charge in [0, 0.05) is 12.5 Å². The number of nitrogens with zero attached hydrogens (tertiary/aromatic N) is 4. The Kier molecular flexibility index (Phi) is 2.60. The Morgan fingerprint density at radius 2 is 2.24 bits per heavy atom. The second kappa shape index (κ2) is 4.25. The monoisotopic (exact) mass is 229 g/mol. The van der Waals surface area contributed by atoms with Crippen LogP contribution in [0.25, 0.3) is 0 Å². The molecular weight excluding hydrogens is 214 g/mol. The molecule has 0 bridgehead atoms. The van der Waals surface area contributed by atoms with Gasteiger partial charge in [-0.25, -0.2) is 4.68 Å². The van der Waals surface area contributed by atoms with Crippen molar-refractivity contribution in [1.29, 1.82) is 0 Å². The van der Waals surface area contributed by atoms with Gasteiger partial charge < -0.3 is 5.73 Å². The van der Waals surface area contributed by atoms with Crippen LogP contribution in [0.15, 0.2) is 24.3 Å². The number of nitrogens with two attached hydrogens (primary N) is 1. The van der Waals surface area contributed by atoms with Crippen molar-refractivity contribution in [1.82, 2.24) is 20.2 Å². The number of hydrogen-bond acceptors (Lipinski definition) is 4. The number of aryl methyl sites for hydroxylation is 1. The van der Waals surface area contributed by atoms with Gasteiger partial charge in [-0.2, -0.15) is 0 Å². The highest BCUT2D eigenvalue weighted by atomic mass is 15.5. The van der Waals surface area contributed by atoms with Gasteiger partial charge in [0.15, 0.2) is 5.82 Å². The highest BCUT2D eigenvalue weighted by Crippen LogP contribution is 2.36. The molecule has 0 saturated carbocycles. The van der Waals surface area contributed by atoms with E-state index in [1.54, 1.807) is 0 Å². The van der Waals surface area contributed by atoms with E-state index >= 15 is 0 Å². The van der Waals surface area contributed by atoms with Crippen molar-refractivity contribution in [3.63, 3.8) is 0 Å². The maximum absolute atomic E-state index is 5.57. The minimum Gasteiger partial charge on any atom is -0.329 e. The zero-order valence-corrected chi connectivity index (χ0v) is 9.58. The van der Waals surface area contributed by atoms with Crippen LogP contribution in [0.4, 0.5) is 0 Å². The summed E-state index contributed by atoms with van der Waals surface area (Å²) in [6.45, 7) is 1.24. The summed E-state index contributed by atoms with van der Waals surface area (Å²) in [5, 5.41) is 11.9. The molecule has 2 aromatic rings. The van der Waals surface area contributed by atoms with Gasteiger partial charge in [-0.15, -0.1) is 5.10 Å². The third-order valence-corrected chi connectivity index (χ3v) is 3.35. The molecule has 0 saturated heterocycles. The largest absolute Gasteiger partial charge is 0.329 e. The fourth-order valence-electron chi connectivity index (χ4n) is 2.57. The van der Waals surface area contributed by atoms with E-state index in [1.165, 1.54) is 11.1 Å². The SMILES string of the molecule is NCCn1nnnc1C1CCc2ccccc21. The predicted molar refractivity (Wildman–Crippen MR) is 63.5 cm³/mol. The first kappa shape index (κ1) is 10.4. The summed E-state index contributed by atoms with van der Waals surface area (Å²) in [7, 11) is 0. The average Bonchev–Trinajstić information content (AvgIpc) is 2.95. The topological polar surface area (TPSA) is 69.6 Å². The molecule has 1 aromatic carbocycles. The van der Waals surface area contributed by atoms with Crippen molar-refractivity contribution >= 4 is 0 Å². The van der Waals surface area contributed by atoms with Crippen LogP contribution in [0.3, 0.4) is 0 Å². The molecular formula is C12H15N5. The lowest BCUT2D eigenvalue weighted by Crippen LogP contribution is -2.16. The van der Waals surface area contributed by atoms with Crippen LogP contribution in [0.1, 0.15) is 29.3 Å². The minimum absolute atomic E-state index is 0.327. The van der Waals surface area contributed by atoms with Gasteiger partial charge in [-0.05, 0) is 34.4 Å². The molecule has 5 heteroatoms. The third-order valence-electron chi connectivity index (χ3n) is 3.35. The summed E-state index contributed by atoms with van der Waals surface area (Å²) < 4.78 is 1.83. The van der Waals surface area contributed by atoms with Gasteiger partial charge in [0.1, 0.15) is 0 Å². The van der Waals surface area contributed by atoms with E-state index in [1.807, 2.05) is 4.68 Å². The lowest BCUT2D eigenvalue weighted by atomic mass is 10.0. The van der Waals surface area contributed by atoms with Crippen molar-refractivity contribution in [3.8, 4) is 0 Å². The van der Waals surface area contributed by atoms with Crippen LogP contribution in [0.5, 0.6) is 0 Å². The number of rotatable bonds is 3. The molecule has 1 unspecified atom stereocenters. The second-order valence-corrected chi connectivity index (χ2v) is 4.34. The van der Waals surface area contributed by atoms with Gasteiger partial charge in [0.25, 0.3) is 0 Å². The predicted octanol–water partition coefficient (Wildman–Crippen LogP) is 0.710. The number of fused-ring (bicyclic) bond motifs is 1. The van der Waals surface area contributed by atoms with E-state index in [0.717, 1.165) is 18.7 Å². The molecule has 0 amide bonds. The van der Waals surface area contributed by atoms with Crippen molar-refractivity contribution in [2.24, 2.45) is 5.73 Å². The zero-order chi connectivity index (χ0) is 11.7.